The van der Waals surface area contributed by atoms with E-state index in [1.165, 1.54) is 18.5 Å². The van der Waals surface area contributed by atoms with Crippen molar-refractivity contribution in [2.45, 2.75) is 12.7 Å². The first-order chi connectivity index (χ1) is 16.4. The van der Waals surface area contributed by atoms with Crippen LogP contribution in [0.1, 0.15) is 21.8 Å². The fourth-order valence-corrected chi connectivity index (χ4v) is 3.24. The van der Waals surface area contributed by atoms with Crippen LogP contribution in [0.25, 0.3) is 33.8 Å². The third-order valence-electron chi connectivity index (χ3n) is 4.91. The molecule has 1 amide bonds. The molecule has 2 N–H and O–H groups in total. The number of pyridine rings is 1. The monoisotopic (exact) mass is 465 g/mol. The molecule has 170 valence electrons. The number of H-pyrrole nitrogens is 1. The van der Waals surface area contributed by atoms with Crippen LogP contribution in [0.4, 0.5) is 13.2 Å². The number of aromatic amines is 1. The van der Waals surface area contributed by atoms with Crippen molar-refractivity contribution < 1.29 is 22.5 Å². The molecule has 0 spiro atoms. The van der Waals surface area contributed by atoms with Crippen molar-refractivity contribution in [3.63, 3.8) is 0 Å². The van der Waals surface area contributed by atoms with Gasteiger partial charge in [0.1, 0.15) is 17.7 Å². The van der Waals surface area contributed by atoms with Gasteiger partial charge in [-0.05, 0) is 36.4 Å². The topological polar surface area (TPSA) is 122 Å². The number of rotatable bonds is 5. The van der Waals surface area contributed by atoms with E-state index in [-0.39, 0.29) is 29.3 Å². The van der Waals surface area contributed by atoms with Gasteiger partial charge in [0, 0.05) is 24.0 Å². The molecule has 0 saturated heterocycles. The zero-order valence-electron chi connectivity index (χ0n) is 17.2. The maximum Gasteiger partial charge on any atom is 0.416 e. The minimum atomic E-state index is -4.46. The molecular formula is C22H14F3N7O2. The first-order valence-electron chi connectivity index (χ1n) is 9.90. The number of fused-ring (bicyclic) bond motifs is 1. The van der Waals surface area contributed by atoms with Gasteiger partial charge in [-0.2, -0.15) is 13.2 Å². The summed E-state index contributed by atoms with van der Waals surface area (Å²) >= 11 is 0. The highest BCUT2D eigenvalue weighted by molar-refractivity contribution is 5.93. The highest BCUT2D eigenvalue weighted by Gasteiger charge is 2.30. The number of hydrogen-bond acceptors (Lipinski definition) is 7. The molecule has 12 heteroatoms. The quantitative estimate of drug-likeness (QED) is 0.402. The van der Waals surface area contributed by atoms with E-state index in [2.05, 4.69) is 35.4 Å². The molecule has 0 radical (unpaired) electrons. The number of hydrogen-bond donors (Lipinski definition) is 2. The molecule has 0 saturated carbocycles. The number of carbonyl (C=O) groups excluding carboxylic acids is 1. The highest BCUT2D eigenvalue weighted by Crippen LogP contribution is 2.31. The molecule has 4 aromatic heterocycles. The predicted molar refractivity (Wildman–Crippen MR) is 113 cm³/mol. The molecule has 4 heterocycles. The average molecular weight is 465 g/mol. The van der Waals surface area contributed by atoms with Crippen molar-refractivity contribution in [2.24, 2.45) is 0 Å². The number of nitrogens with zero attached hydrogens (tertiary/aromatic N) is 5. The number of nitrogens with one attached hydrogen (secondary N) is 2. The van der Waals surface area contributed by atoms with Crippen molar-refractivity contribution in [1.82, 2.24) is 35.4 Å². The summed E-state index contributed by atoms with van der Waals surface area (Å²) in [6.07, 6.45) is 0.0797. The van der Waals surface area contributed by atoms with E-state index in [1.807, 2.05) is 0 Å². The summed E-state index contributed by atoms with van der Waals surface area (Å²) < 4.78 is 44.0. The molecule has 0 aliphatic carbocycles. The van der Waals surface area contributed by atoms with Crippen molar-refractivity contribution in [3.8, 4) is 22.8 Å². The molecule has 34 heavy (non-hydrogen) atoms. The molecule has 0 aliphatic rings. The third-order valence-corrected chi connectivity index (χ3v) is 4.91. The average Bonchev–Trinajstić information content (AvgIpc) is 3.49. The van der Waals surface area contributed by atoms with E-state index in [1.54, 1.807) is 30.6 Å². The number of alkyl halides is 3. The van der Waals surface area contributed by atoms with Crippen molar-refractivity contribution in [2.75, 3.05) is 0 Å². The molecule has 0 atom stereocenters. The number of imidazole rings is 1. The number of amides is 1. The Balaban J connectivity index is 1.28. The van der Waals surface area contributed by atoms with Crippen molar-refractivity contribution >= 4 is 16.9 Å². The Kier molecular flexibility index (Phi) is 5.24. The Morgan fingerprint density at radius 3 is 2.65 bits per heavy atom. The standard InChI is InChI=1S/C22H14F3N7O2/c23-22(24,25)13-1-2-15-17(7-13)31-20(30-15)18-8-14(34-32-18)10-27-21(33)19-9-16(28-11-29-19)12-3-5-26-6-4-12/h1-9,11H,10H2,(H,27,33)(H,30,31). The smallest absolute Gasteiger partial charge is 0.359 e. The van der Waals surface area contributed by atoms with E-state index in [4.69, 9.17) is 4.52 Å². The van der Waals surface area contributed by atoms with Crippen LogP contribution in [0.3, 0.4) is 0 Å². The number of aromatic nitrogens is 6. The summed E-state index contributed by atoms with van der Waals surface area (Å²) in [6, 6.07) is 9.84. The molecule has 1 aromatic carbocycles. The minimum absolute atomic E-state index is 0.0128. The first-order valence-corrected chi connectivity index (χ1v) is 9.90. The van der Waals surface area contributed by atoms with Crippen LogP contribution in [0.5, 0.6) is 0 Å². The van der Waals surface area contributed by atoms with Gasteiger partial charge in [-0.25, -0.2) is 15.0 Å². The Hall–Kier alpha value is -4.61. The van der Waals surface area contributed by atoms with Crippen molar-refractivity contribution in [3.05, 3.63) is 78.2 Å². The third kappa shape index (κ3) is 4.33. The van der Waals surface area contributed by atoms with E-state index >= 15 is 0 Å². The highest BCUT2D eigenvalue weighted by atomic mass is 19.4. The van der Waals surface area contributed by atoms with Gasteiger partial charge in [0.15, 0.2) is 11.6 Å². The van der Waals surface area contributed by atoms with Gasteiger partial charge >= 0.3 is 6.18 Å². The summed E-state index contributed by atoms with van der Waals surface area (Å²) in [5.41, 5.74) is 1.61. The van der Waals surface area contributed by atoms with Crippen LogP contribution in [-0.4, -0.2) is 36.0 Å². The molecule has 0 bridgehead atoms. The Bertz CT molecular complexity index is 1480. The van der Waals surface area contributed by atoms with Crippen LogP contribution in [-0.2, 0) is 12.7 Å². The second-order valence-corrected chi connectivity index (χ2v) is 7.20. The van der Waals surface area contributed by atoms with Gasteiger partial charge in [-0.1, -0.05) is 5.16 Å². The van der Waals surface area contributed by atoms with Crippen LogP contribution >= 0.6 is 0 Å². The normalized spacial score (nSPS) is 11.6. The summed E-state index contributed by atoms with van der Waals surface area (Å²) in [7, 11) is 0. The van der Waals surface area contributed by atoms with Gasteiger partial charge in [-0.3, -0.25) is 9.78 Å². The van der Waals surface area contributed by atoms with Crippen molar-refractivity contribution in [1.29, 1.82) is 0 Å². The summed E-state index contributed by atoms with van der Waals surface area (Å²) in [6.45, 7) is 0.0128. The molecule has 5 rings (SSSR count). The van der Waals surface area contributed by atoms with E-state index in [9.17, 15) is 18.0 Å². The second-order valence-electron chi connectivity index (χ2n) is 7.20. The lowest BCUT2D eigenvalue weighted by Crippen LogP contribution is -2.23. The van der Waals surface area contributed by atoms with Crippen LogP contribution in [0, 0.1) is 0 Å². The lowest BCUT2D eigenvalue weighted by Gasteiger charge is -2.05. The zero-order valence-corrected chi connectivity index (χ0v) is 17.2. The lowest BCUT2D eigenvalue weighted by molar-refractivity contribution is -0.137. The van der Waals surface area contributed by atoms with E-state index in [0.29, 0.717) is 17.0 Å². The number of benzene rings is 1. The van der Waals surface area contributed by atoms with Gasteiger partial charge in [0.05, 0.1) is 28.8 Å². The maximum atomic E-state index is 12.9. The molecule has 0 aliphatic heterocycles. The number of carbonyl (C=O) groups is 1. The van der Waals surface area contributed by atoms with Gasteiger partial charge in [0.2, 0.25) is 0 Å². The van der Waals surface area contributed by atoms with Gasteiger partial charge in [0.25, 0.3) is 5.91 Å². The lowest BCUT2D eigenvalue weighted by atomic mass is 10.1. The molecule has 9 nitrogen and oxygen atoms in total. The molecule has 5 aromatic rings. The van der Waals surface area contributed by atoms with Crippen LogP contribution in [0.15, 0.2) is 65.7 Å². The Morgan fingerprint density at radius 2 is 1.85 bits per heavy atom. The van der Waals surface area contributed by atoms with E-state index in [0.717, 1.165) is 17.7 Å². The molecular weight excluding hydrogens is 451 g/mol. The Morgan fingerprint density at radius 1 is 1.03 bits per heavy atom. The first kappa shape index (κ1) is 21.2. The van der Waals surface area contributed by atoms with E-state index < -0.39 is 17.6 Å². The Labute approximate surface area is 189 Å². The van der Waals surface area contributed by atoms with Gasteiger partial charge in [-0.15, -0.1) is 0 Å². The molecule has 0 unspecified atom stereocenters. The van der Waals surface area contributed by atoms with Crippen LogP contribution in [0.2, 0.25) is 0 Å². The largest absolute Gasteiger partial charge is 0.416 e. The molecule has 0 fully saturated rings. The maximum absolute atomic E-state index is 12.9. The zero-order chi connectivity index (χ0) is 23.7. The fraction of sp³-hybridized carbons (Fsp3) is 0.0909. The summed E-state index contributed by atoms with van der Waals surface area (Å²) in [5, 5.41) is 6.56. The summed E-state index contributed by atoms with van der Waals surface area (Å²) in [4.78, 5) is 31.7. The van der Waals surface area contributed by atoms with Gasteiger partial charge < -0.3 is 14.8 Å². The fourth-order valence-electron chi connectivity index (χ4n) is 3.24. The minimum Gasteiger partial charge on any atom is -0.359 e. The number of halogens is 3. The second kappa shape index (κ2) is 8.39. The van der Waals surface area contributed by atoms with Crippen LogP contribution < -0.4 is 5.32 Å². The summed E-state index contributed by atoms with van der Waals surface area (Å²) in [5.74, 6) is 0.121. The SMILES string of the molecule is O=C(NCc1cc(-c2nc3ccc(C(F)(F)F)cc3[nH]2)no1)c1cc(-c2ccncc2)ncn1. The predicted octanol–water partition coefficient (Wildman–Crippen LogP) is 4.02.